The van der Waals surface area contributed by atoms with Gasteiger partial charge in [-0.2, -0.15) is 0 Å². The Morgan fingerprint density at radius 1 is 0.915 bits per heavy atom. The first-order valence-corrected chi connectivity index (χ1v) is 16.1. The van der Waals surface area contributed by atoms with Crippen LogP contribution in [-0.2, 0) is 47.5 Å². The second-order valence-corrected chi connectivity index (χ2v) is 13.1. The molecule has 47 heavy (non-hydrogen) atoms. The molecular weight excluding hydrogens is 628 g/mol. The fraction of sp³-hybridized carbons (Fsp3) is 0.871. The van der Waals surface area contributed by atoms with E-state index < -0.39 is 104 Å². The van der Waals surface area contributed by atoms with Crippen molar-refractivity contribution in [2.75, 3.05) is 26.4 Å². The highest BCUT2D eigenvalue weighted by Gasteiger charge is 2.53. The number of carbonyl (C=O) groups excluding carboxylic acids is 2. The Morgan fingerprint density at radius 2 is 1.62 bits per heavy atom. The summed E-state index contributed by atoms with van der Waals surface area (Å²) in [5.41, 5.74) is 0.605. The lowest BCUT2D eigenvalue weighted by Crippen LogP contribution is -2.64. The van der Waals surface area contributed by atoms with Crippen LogP contribution in [0.3, 0.4) is 0 Å². The Morgan fingerprint density at radius 3 is 2.26 bits per heavy atom. The molecule has 0 unspecified atom stereocenters. The van der Waals surface area contributed by atoms with Gasteiger partial charge in [0.2, 0.25) is 6.29 Å². The van der Waals surface area contributed by atoms with Gasteiger partial charge in [0.25, 0.3) is 0 Å². The number of fused-ring (bicyclic) bond motifs is 1. The van der Waals surface area contributed by atoms with Crippen molar-refractivity contribution in [1.29, 1.82) is 0 Å². The summed E-state index contributed by atoms with van der Waals surface area (Å²) < 4.78 is 45.7. The van der Waals surface area contributed by atoms with Gasteiger partial charge in [0.05, 0.1) is 44.9 Å². The fourth-order valence-electron chi connectivity index (χ4n) is 6.56. The van der Waals surface area contributed by atoms with Crippen molar-refractivity contribution in [1.82, 2.24) is 0 Å². The van der Waals surface area contributed by atoms with E-state index in [1.54, 1.807) is 0 Å². The first kappa shape index (κ1) is 37.9. The molecule has 4 rings (SSSR count). The summed E-state index contributed by atoms with van der Waals surface area (Å²) >= 11 is 0. The highest BCUT2D eigenvalue weighted by molar-refractivity contribution is 5.66. The molecule has 4 aliphatic rings. The predicted octanol–water partition coefficient (Wildman–Crippen LogP) is -1.30. The lowest BCUT2D eigenvalue weighted by molar-refractivity contribution is -0.364. The maximum Gasteiger partial charge on any atom is 0.303 e. The molecule has 16 nitrogen and oxygen atoms in total. The van der Waals surface area contributed by atoms with Crippen LogP contribution in [0.15, 0.2) is 11.8 Å². The van der Waals surface area contributed by atoms with Gasteiger partial charge in [0.15, 0.2) is 18.7 Å². The van der Waals surface area contributed by atoms with Gasteiger partial charge in [-0.1, -0.05) is 13.8 Å². The van der Waals surface area contributed by atoms with E-state index in [0.29, 0.717) is 24.5 Å². The van der Waals surface area contributed by atoms with E-state index in [2.05, 4.69) is 13.8 Å². The SMILES string of the molecule is CC(=O)OC[C@@H]1[C@H]2[C@H](OCCC(C)C)OC=C(CO[C@@H]3O[C@H](CO)[C@@H](O)[C@H](O)[C@H]3O[C@@H]3O[C@@H](C)[C@H](OC(C)=O)[C@@H](O)[C@H]3O)[C@H]2C[C@@H]1O. The van der Waals surface area contributed by atoms with Crippen LogP contribution in [-0.4, -0.2) is 143 Å². The second-order valence-electron chi connectivity index (χ2n) is 13.1. The van der Waals surface area contributed by atoms with E-state index in [-0.39, 0.29) is 19.1 Å². The summed E-state index contributed by atoms with van der Waals surface area (Å²) in [5.74, 6) is -1.97. The molecule has 6 N–H and O–H groups in total. The second kappa shape index (κ2) is 16.6. The van der Waals surface area contributed by atoms with E-state index in [4.69, 9.17) is 37.9 Å². The minimum atomic E-state index is -1.73. The van der Waals surface area contributed by atoms with Crippen molar-refractivity contribution in [3.63, 3.8) is 0 Å². The van der Waals surface area contributed by atoms with Crippen molar-refractivity contribution in [3.8, 4) is 0 Å². The van der Waals surface area contributed by atoms with Crippen molar-refractivity contribution < 1.29 is 78.1 Å². The molecule has 0 aromatic rings. The third kappa shape index (κ3) is 8.99. The molecule has 1 aliphatic carbocycles. The van der Waals surface area contributed by atoms with Crippen molar-refractivity contribution >= 4 is 11.9 Å². The molecule has 0 radical (unpaired) electrons. The molecule has 16 heteroatoms. The summed E-state index contributed by atoms with van der Waals surface area (Å²) in [6.45, 7) is 7.62. The maximum atomic E-state index is 11.6. The van der Waals surface area contributed by atoms with Gasteiger partial charge in [0, 0.05) is 25.7 Å². The average molecular weight is 679 g/mol. The normalized spacial score (nSPS) is 42.0. The highest BCUT2D eigenvalue weighted by atomic mass is 16.8. The van der Waals surface area contributed by atoms with Gasteiger partial charge < -0.3 is 68.5 Å². The van der Waals surface area contributed by atoms with E-state index in [0.717, 1.165) is 13.3 Å². The summed E-state index contributed by atoms with van der Waals surface area (Å²) in [4.78, 5) is 23.1. The summed E-state index contributed by atoms with van der Waals surface area (Å²) in [6.07, 6.45) is -13.5. The topological polar surface area (TPSA) is 229 Å². The number of esters is 2. The third-order valence-electron chi connectivity index (χ3n) is 9.16. The Bertz CT molecular complexity index is 1070. The Hall–Kier alpha value is -1.96. The smallest absolute Gasteiger partial charge is 0.303 e. The fourth-order valence-corrected chi connectivity index (χ4v) is 6.56. The molecule has 15 atom stereocenters. The molecule has 270 valence electrons. The first-order valence-electron chi connectivity index (χ1n) is 16.1. The quantitative estimate of drug-likeness (QED) is 0.124. The zero-order valence-electron chi connectivity index (χ0n) is 27.3. The molecular formula is C31H50O16. The predicted molar refractivity (Wildman–Crippen MR) is 157 cm³/mol. The largest absolute Gasteiger partial charge is 0.472 e. The van der Waals surface area contributed by atoms with Gasteiger partial charge in [-0.25, -0.2) is 0 Å². The Kier molecular flexibility index (Phi) is 13.4. The van der Waals surface area contributed by atoms with Crippen molar-refractivity contribution in [3.05, 3.63) is 11.8 Å². The Labute approximate surface area is 273 Å². The highest BCUT2D eigenvalue weighted by Crippen LogP contribution is 2.47. The number of rotatable bonds is 13. The number of aliphatic hydroxyl groups is 6. The molecule has 3 fully saturated rings. The number of aliphatic hydroxyl groups excluding tert-OH is 6. The maximum absolute atomic E-state index is 11.6. The van der Waals surface area contributed by atoms with E-state index in [1.807, 2.05) is 0 Å². The molecule has 0 amide bonds. The van der Waals surface area contributed by atoms with Crippen LogP contribution in [0.1, 0.15) is 47.5 Å². The average Bonchev–Trinajstić information content (AvgIpc) is 3.35. The molecule has 3 heterocycles. The molecule has 0 aromatic heterocycles. The van der Waals surface area contributed by atoms with Gasteiger partial charge in [-0.15, -0.1) is 0 Å². The standard InChI is InChI=1S/C31H50O16/c1-13(2)6-7-40-29-22-18(8-20(35)19(22)12-41-15(4)33)17(10-42-29)11-43-31-28(24(37)23(36)21(9-32)46-31)47-30-26(39)25(38)27(14(3)44-30)45-16(5)34/h10,13-14,18-32,35-39H,6-9,11-12H2,1-5H3/t14-,18+,19-,20-,21+,22-,23+,24-,25-,26+,27-,28+,29+,30-,31+/m0/s1. The van der Waals surface area contributed by atoms with Crippen LogP contribution in [0.4, 0.5) is 0 Å². The monoisotopic (exact) mass is 678 g/mol. The number of hydrogen-bond acceptors (Lipinski definition) is 16. The third-order valence-corrected chi connectivity index (χ3v) is 9.16. The zero-order chi connectivity index (χ0) is 34.6. The first-order chi connectivity index (χ1) is 22.2. The van der Waals surface area contributed by atoms with E-state index in [1.165, 1.54) is 20.1 Å². The summed E-state index contributed by atoms with van der Waals surface area (Å²) in [6, 6.07) is 0. The number of hydrogen-bond donors (Lipinski definition) is 6. The zero-order valence-corrected chi connectivity index (χ0v) is 27.3. The lowest BCUT2D eigenvalue weighted by atomic mass is 9.83. The number of carbonyl (C=O) groups is 2. The molecule has 1 saturated carbocycles. The van der Waals surface area contributed by atoms with E-state index in [9.17, 15) is 40.2 Å². The molecule has 3 aliphatic heterocycles. The summed E-state index contributed by atoms with van der Waals surface area (Å²) in [5, 5.41) is 63.8. The van der Waals surface area contributed by atoms with Gasteiger partial charge >= 0.3 is 11.9 Å². The van der Waals surface area contributed by atoms with Crippen LogP contribution in [0, 0.1) is 23.7 Å². The molecule has 0 aromatic carbocycles. The van der Waals surface area contributed by atoms with E-state index >= 15 is 0 Å². The molecule has 0 spiro atoms. The Balaban J connectivity index is 1.50. The van der Waals surface area contributed by atoms with Crippen LogP contribution >= 0.6 is 0 Å². The van der Waals surface area contributed by atoms with Crippen LogP contribution in [0.5, 0.6) is 0 Å². The lowest BCUT2D eigenvalue weighted by Gasteiger charge is -2.46. The van der Waals surface area contributed by atoms with Crippen LogP contribution in [0.2, 0.25) is 0 Å². The van der Waals surface area contributed by atoms with Crippen LogP contribution < -0.4 is 0 Å². The summed E-state index contributed by atoms with van der Waals surface area (Å²) in [7, 11) is 0. The molecule has 2 saturated heterocycles. The minimum absolute atomic E-state index is 0.0323. The molecule has 0 bridgehead atoms. The van der Waals surface area contributed by atoms with Crippen molar-refractivity contribution in [2.24, 2.45) is 23.7 Å². The van der Waals surface area contributed by atoms with Gasteiger partial charge in [-0.05, 0) is 37.2 Å². The minimum Gasteiger partial charge on any atom is -0.472 e. The van der Waals surface area contributed by atoms with Gasteiger partial charge in [-0.3, -0.25) is 9.59 Å². The van der Waals surface area contributed by atoms with Crippen molar-refractivity contribution in [2.45, 2.75) is 121 Å². The van der Waals surface area contributed by atoms with Gasteiger partial charge in [0.1, 0.15) is 36.6 Å². The number of ether oxygens (including phenoxy) is 8. The van der Waals surface area contributed by atoms with Crippen LogP contribution in [0.25, 0.3) is 0 Å².